The van der Waals surface area contributed by atoms with Crippen LogP contribution in [0.2, 0.25) is 0 Å². The van der Waals surface area contributed by atoms with Crippen molar-refractivity contribution in [1.29, 1.82) is 0 Å². The molecule has 1 aliphatic heterocycles. The average molecular weight is 262 g/mol. The summed E-state index contributed by atoms with van der Waals surface area (Å²) in [5.74, 6) is 1.86. The summed E-state index contributed by atoms with van der Waals surface area (Å²) in [6.07, 6.45) is 1.30. The zero-order chi connectivity index (χ0) is 13.8. The van der Waals surface area contributed by atoms with Crippen LogP contribution in [0.25, 0.3) is 0 Å². The van der Waals surface area contributed by atoms with Crippen molar-refractivity contribution in [2.24, 2.45) is 5.92 Å². The zero-order valence-corrected chi connectivity index (χ0v) is 12.6. The Balaban J connectivity index is 1.98. The summed E-state index contributed by atoms with van der Waals surface area (Å²) in [7, 11) is 6.32. The molecule has 0 spiro atoms. The average Bonchev–Trinajstić information content (AvgIpc) is 2.77. The van der Waals surface area contributed by atoms with E-state index >= 15 is 0 Å². The van der Waals surface area contributed by atoms with Crippen LogP contribution in [0.1, 0.15) is 17.7 Å². The van der Waals surface area contributed by atoms with Crippen molar-refractivity contribution in [3.8, 4) is 0 Å². The summed E-state index contributed by atoms with van der Waals surface area (Å²) < 4.78 is 0. The van der Waals surface area contributed by atoms with Crippen LogP contribution in [0.15, 0.2) is 12.1 Å². The van der Waals surface area contributed by atoms with Crippen molar-refractivity contribution in [2.45, 2.75) is 19.9 Å². The molecule has 0 amide bonds. The zero-order valence-electron chi connectivity index (χ0n) is 12.6. The van der Waals surface area contributed by atoms with Gasteiger partial charge in [0.15, 0.2) is 0 Å². The Labute approximate surface area is 116 Å². The quantitative estimate of drug-likeness (QED) is 0.871. The van der Waals surface area contributed by atoms with Crippen molar-refractivity contribution >= 4 is 5.82 Å². The summed E-state index contributed by atoms with van der Waals surface area (Å²) >= 11 is 0. The summed E-state index contributed by atoms with van der Waals surface area (Å²) in [4.78, 5) is 9.43. The molecule has 1 unspecified atom stereocenters. The van der Waals surface area contributed by atoms with Crippen LogP contribution in [0, 0.1) is 12.8 Å². The molecule has 2 rings (SSSR count). The number of nitrogens with zero attached hydrogens (tertiary/aromatic N) is 3. The van der Waals surface area contributed by atoms with Gasteiger partial charge in [-0.15, -0.1) is 0 Å². The highest BCUT2D eigenvalue weighted by Crippen LogP contribution is 2.19. The Hall–Kier alpha value is -1.13. The molecule has 1 saturated heterocycles. The standard InChI is InChI=1S/C15H26N4/c1-12-14(9-16-2)5-6-15(17-12)19(4)11-13-7-8-18(3)10-13/h5-6,13,16H,7-11H2,1-4H3. The van der Waals surface area contributed by atoms with Gasteiger partial charge in [-0.2, -0.15) is 0 Å². The van der Waals surface area contributed by atoms with Crippen LogP contribution in [0.5, 0.6) is 0 Å². The van der Waals surface area contributed by atoms with Crippen LogP contribution in [0.3, 0.4) is 0 Å². The van der Waals surface area contributed by atoms with E-state index in [2.05, 4.69) is 48.3 Å². The summed E-state index contributed by atoms with van der Waals surface area (Å²) in [6, 6.07) is 4.32. The molecule has 0 aliphatic carbocycles. The molecule has 4 heteroatoms. The van der Waals surface area contributed by atoms with Crippen LogP contribution in [-0.4, -0.2) is 50.7 Å². The van der Waals surface area contributed by atoms with E-state index in [1.54, 1.807) is 0 Å². The van der Waals surface area contributed by atoms with Crippen LogP contribution < -0.4 is 10.2 Å². The molecule has 0 bridgehead atoms. The number of anilines is 1. The highest BCUT2D eigenvalue weighted by atomic mass is 15.2. The lowest BCUT2D eigenvalue weighted by Crippen LogP contribution is -2.28. The van der Waals surface area contributed by atoms with E-state index in [0.717, 1.165) is 30.5 Å². The van der Waals surface area contributed by atoms with Gasteiger partial charge in [0.05, 0.1) is 0 Å². The topological polar surface area (TPSA) is 31.4 Å². The lowest BCUT2D eigenvalue weighted by Gasteiger charge is -2.23. The first-order valence-electron chi connectivity index (χ1n) is 7.11. The van der Waals surface area contributed by atoms with E-state index in [0.29, 0.717) is 0 Å². The molecule has 1 atom stereocenters. The number of nitrogens with one attached hydrogen (secondary N) is 1. The molecule has 1 N–H and O–H groups in total. The molecule has 1 fully saturated rings. The highest BCUT2D eigenvalue weighted by Gasteiger charge is 2.21. The molecular formula is C15H26N4. The number of hydrogen-bond donors (Lipinski definition) is 1. The van der Waals surface area contributed by atoms with Crippen molar-refractivity contribution in [3.63, 3.8) is 0 Å². The monoisotopic (exact) mass is 262 g/mol. The molecule has 0 radical (unpaired) electrons. The molecule has 0 aromatic carbocycles. The van der Waals surface area contributed by atoms with E-state index in [-0.39, 0.29) is 0 Å². The fourth-order valence-corrected chi connectivity index (χ4v) is 2.82. The van der Waals surface area contributed by atoms with Gasteiger partial charge in [0.25, 0.3) is 0 Å². The fourth-order valence-electron chi connectivity index (χ4n) is 2.82. The SMILES string of the molecule is CNCc1ccc(N(C)CC2CCN(C)C2)nc1C. The minimum Gasteiger partial charge on any atom is -0.359 e. The first-order valence-corrected chi connectivity index (χ1v) is 7.11. The van der Waals surface area contributed by atoms with Crippen molar-refractivity contribution in [3.05, 3.63) is 23.4 Å². The normalized spacial score (nSPS) is 19.9. The number of aryl methyl sites for hydroxylation is 1. The Bertz CT molecular complexity index is 419. The Morgan fingerprint density at radius 1 is 1.47 bits per heavy atom. The number of likely N-dealkylation sites (tertiary alicyclic amines) is 1. The Morgan fingerprint density at radius 2 is 2.26 bits per heavy atom. The lowest BCUT2D eigenvalue weighted by molar-refractivity contribution is 0.395. The fraction of sp³-hybridized carbons (Fsp3) is 0.667. The van der Waals surface area contributed by atoms with Crippen molar-refractivity contribution < 1.29 is 0 Å². The number of hydrogen-bond acceptors (Lipinski definition) is 4. The molecule has 0 saturated carbocycles. The highest BCUT2D eigenvalue weighted by molar-refractivity contribution is 5.41. The van der Waals surface area contributed by atoms with E-state index in [9.17, 15) is 0 Å². The second-order valence-electron chi connectivity index (χ2n) is 5.74. The van der Waals surface area contributed by atoms with Crippen molar-refractivity contribution in [2.75, 3.05) is 45.7 Å². The van der Waals surface area contributed by atoms with Crippen LogP contribution in [-0.2, 0) is 6.54 Å². The van der Waals surface area contributed by atoms with Gasteiger partial charge < -0.3 is 15.1 Å². The minimum absolute atomic E-state index is 0.772. The van der Waals surface area contributed by atoms with E-state index in [1.165, 1.54) is 25.1 Å². The van der Waals surface area contributed by atoms with Crippen molar-refractivity contribution in [1.82, 2.24) is 15.2 Å². The molecule has 1 aliphatic rings. The maximum absolute atomic E-state index is 4.73. The molecular weight excluding hydrogens is 236 g/mol. The smallest absolute Gasteiger partial charge is 0.128 e. The predicted molar refractivity (Wildman–Crippen MR) is 80.6 cm³/mol. The number of rotatable bonds is 5. The second kappa shape index (κ2) is 6.35. The maximum Gasteiger partial charge on any atom is 0.128 e. The van der Waals surface area contributed by atoms with Gasteiger partial charge in [-0.25, -0.2) is 4.98 Å². The largest absolute Gasteiger partial charge is 0.359 e. The Morgan fingerprint density at radius 3 is 2.84 bits per heavy atom. The van der Waals surface area contributed by atoms with Gasteiger partial charge >= 0.3 is 0 Å². The van der Waals surface area contributed by atoms with E-state index in [4.69, 9.17) is 4.98 Å². The van der Waals surface area contributed by atoms with Gasteiger partial charge in [0, 0.05) is 32.4 Å². The Kier molecular flexibility index (Phi) is 4.77. The molecule has 19 heavy (non-hydrogen) atoms. The molecule has 1 aromatic heterocycles. The van der Waals surface area contributed by atoms with E-state index < -0.39 is 0 Å². The lowest BCUT2D eigenvalue weighted by atomic mass is 10.1. The summed E-state index contributed by atoms with van der Waals surface area (Å²) in [5.41, 5.74) is 2.41. The van der Waals surface area contributed by atoms with Gasteiger partial charge in [-0.05, 0) is 51.5 Å². The third-order valence-corrected chi connectivity index (χ3v) is 3.96. The minimum atomic E-state index is 0.772. The van der Waals surface area contributed by atoms with Crippen LogP contribution >= 0.6 is 0 Å². The van der Waals surface area contributed by atoms with Gasteiger partial charge in [-0.1, -0.05) is 6.07 Å². The summed E-state index contributed by atoms with van der Waals surface area (Å²) in [5, 5.41) is 3.18. The summed E-state index contributed by atoms with van der Waals surface area (Å²) in [6.45, 7) is 6.51. The first kappa shape index (κ1) is 14.3. The first-order chi connectivity index (χ1) is 9.10. The molecule has 4 nitrogen and oxygen atoms in total. The van der Waals surface area contributed by atoms with Gasteiger partial charge in [0.1, 0.15) is 5.82 Å². The van der Waals surface area contributed by atoms with Gasteiger partial charge in [0.2, 0.25) is 0 Å². The second-order valence-corrected chi connectivity index (χ2v) is 5.74. The van der Waals surface area contributed by atoms with Crippen LogP contribution in [0.4, 0.5) is 5.82 Å². The number of aromatic nitrogens is 1. The third kappa shape index (κ3) is 3.67. The van der Waals surface area contributed by atoms with E-state index in [1.807, 2.05) is 7.05 Å². The third-order valence-electron chi connectivity index (χ3n) is 3.96. The number of pyridine rings is 1. The molecule has 2 heterocycles. The maximum atomic E-state index is 4.73. The predicted octanol–water partition coefficient (Wildman–Crippen LogP) is 1.50. The molecule has 106 valence electrons. The molecule has 1 aromatic rings. The van der Waals surface area contributed by atoms with Gasteiger partial charge in [-0.3, -0.25) is 0 Å².